The highest BCUT2D eigenvalue weighted by molar-refractivity contribution is 5.01. The number of rotatable bonds is 4. The highest BCUT2D eigenvalue weighted by Gasteiger charge is 2.49. The van der Waals surface area contributed by atoms with E-state index in [0.29, 0.717) is 6.54 Å². The average Bonchev–Trinajstić information content (AvgIpc) is 2.27. The molecular formula is C14H26N2O. The first kappa shape index (κ1) is 11.9. The van der Waals surface area contributed by atoms with Crippen LogP contribution in [0.5, 0.6) is 0 Å². The number of aliphatic hydroxyl groups is 1. The van der Waals surface area contributed by atoms with Crippen LogP contribution in [0.25, 0.3) is 0 Å². The SMILES string of the molecule is CN(CC(O)CN)C1C2CC3CC(C2)CC1C3. The molecule has 0 aliphatic heterocycles. The van der Waals surface area contributed by atoms with E-state index in [1.165, 1.54) is 32.1 Å². The van der Waals surface area contributed by atoms with E-state index >= 15 is 0 Å². The largest absolute Gasteiger partial charge is 0.390 e. The fourth-order valence-electron chi connectivity index (χ4n) is 5.14. The van der Waals surface area contributed by atoms with Crippen LogP contribution in [0.4, 0.5) is 0 Å². The molecule has 98 valence electrons. The van der Waals surface area contributed by atoms with Gasteiger partial charge in [0.25, 0.3) is 0 Å². The number of hydrogen-bond acceptors (Lipinski definition) is 3. The van der Waals surface area contributed by atoms with E-state index in [4.69, 9.17) is 5.73 Å². The van der Waals surface area contributed by atoms with Crippen LogP contribution in [-0.4, -0.2) is 42.3 Å². The van der Waals surface area contributed by atoms with Crippen molar-refractivity contribution < 1.29 is 5.11 Å². The van der Waals surface area contributed by atoms with Crippen molar-refractivity contribution in [2.24, 2.45) is 29.4 Å². The van der Waals surface area contributed by atoms with E-state index in [9.17, 15) is 5.11 Å². The van der Waals surface area contributed by atoms with Gasteiger partial charge in [-0.25, -0.2) is 0 Å². The maximum absolute atomic E-state index is 9.72. The lowest BCUT2D eigenvalue weighted by Gasteiger charge is -2.57. The van der Waals surface area contributed by atoms with E-state index in [2.05, 4.69) is 11.9 Å². The third-order valence-corrected chi connectivity index (χ3v) is 5.46. The molecular weight excluding hydrogens is 212 g/mol. The van der Waals surface area contributed by atoms with Gasteiger partial charge >= 0.3 is 0 Å². The van der Waals surface area contributed by atoms with Crippen molar-refractivity contribution in [1.29, 1.82) is 0 Å². The summed E-state index contributed by atoms with van der Waals surface area (Å²) < 4.78 is 0. The molecule has 0 radical (unpaired) electrons. The lowest BCUT2D eigenvalue weighted by Crippen LogP contribution is -2.56. The first-order chi connectivity index (χ1) is 8.17. The Labute approximate surface area is 104 Å². The van der Waals surface area contributed by atoms with Gasteiger partial charge in [-0.2, -0.15) is 0 Å². The second-order valence-electron chi connectivity index (χ2n) is 6.75. The molecule has 3 nitrogen and oxygen atoms in total. The zero-order chi connectivity index (χ0) is 12.0. The van der Waals surface area contributed by atoms with Gasteiger partial charge in [-0.05, 0) is 62.8 Å². The first-order valence-corrected chi connectivity index (χ1v) is 7.25. The molecule has 1 unspecified atom stereocenters. The van der Waals surface area contributed by atoms with Gasteiger partial charge in [0.05, 0.1) is 6.10 Å². The van der Waals surface area contributed by atoms with E-state index in [-0.39, 0.29) is 6.10 Å². The summed E-state index contributed by atoms with van der Waals surface area (Å²) in [4.78, 5) is 2.41. The molecule has 1 atom stereocenters. The highest BCUT2D eigenvalue weighted by atomic mass is 16.3. The lowest BCUT2D eigenvalue weighted by atomic mass is 9.54. The Morgan fingerprint density at radius 3 is 2.12 bits per heavy atom. The number of nitrogens with zero attached hydrogens (tertiary/aromatic N) is 1. The molecule has 4 aliphatic rings. The summed E-state index contributed by atoms with van der Waals surface area (Å²) in [6, 6.07) is 0.726. The Kier molecular flexibility index (Phi) is 3.18. The summed E-state index contributed by atoms with van der Waals surface area (Å²) in [5.74, 6) is 3.87. The molecule has 17 heavy (non-hydrogen) atoms. The summed E-state index contributed by atoms with van der Waals surface area (Å²) in [5, 5.41) is 9.72. The molecule has 0 spiro atoms. The molecule has 3 N–H and O–H groups in total. The summed E-state index contributed by atoms with van der Waals surface area (Å²) in [7, 11) is 2.19. The number of aliphatic hydroxyl groups excluding tert-OH is 1. The summed E-state index contributed by atoms with van der Waals surface area (Å²) >= 11 is 0. The van der Waals surface area contributed by atoms with Gasteiger partial charge in [0.2, 0.25) is 0 Å². The standard InChI is InChI=1S/C14H26N2O/c1-16(8-13(17)7-15)14-11-3-9-2-10(5-11)6-12(14)4-9/h9-14,17H,2-8,15H2,1H3. The van der Waals surface area contributed by atoms with Gasteiger partial charge in [0, 0.05) is 19.1 Å². The zero-order valence-electron chi connectivity index (χ0n) is 10.9. The van der Waals surface area contributed by atoms with Crippen molar-refractivity contribution in [3.05, 3.63) is 0 Å². The summed E-state index contributed by atoms with van der Waals surface area (Å²) in [6.45, 7) is 1.14. The van der Waals surface area contributed by atoms with Crippen LogP contribution < -0.4 is 5.73 Å². The van der Waals surface area contributed by atoms with Gasteiger partial charge in [-0.3, -0.25) is 0 Å². The van der Waals surface area contributed by atoms with Crippen molar-refractivity contribution in [3.63, 3.8) is 0 Å². The van der Waals surface area contributed by atoms with Gasteiger partial charge in [0.15, 0.2) is 0 Å². The van der Waals surface area contributed by atoms with Crippen molar-refractivity contribution in [3.8, 4) is 0 Å². The molecule has 4 saturated carbocycles. The van der Waals surface area contributed by atoms with Gasteiger partial charge in [-0.15, -0.1) is 0 Å². The lowest BCUT2D eigenvalue weighted by molar-refractivity contribution is -0.0654. The van der Waals surface area contributed by atoms with Crippen LogP contribution in [0.2, 0.25) is 0 Å². The Balaban J connectivity index is 1.67. The summed E-state index contributed by atoms with van der Waals surface area (Å²) in [5.41, 5.74) is 5.52. The zero-order valence-corrected chi connectivity index (χ0v) is 10.9. The second-order valence-corrected chi connectivity index (χ2v) is 6.75. The van der Waals surface area contributed by atoms with Crippen molar-refractivity contribution in [2.75, 3.05) is 20.1 Å². The molecule has 4 rings (SSSR count). The maximum atomic E-state index is 9.72. The maximum Gasteiger partial charge on any atom is 0.0789 e. The Bertz CT molecular complexity index is 253. The topological polar surface area (TPSA) is 49.5 Å². The smallest absolute Gasteiger partial charge is 0.0789 e. The van der Waals surface area contributed by atoms with Crippen molar-refractivity contribution in [2.45, 2.75) is 44.2 Å². The highest BCUT2D eigenvalue weighted by Crippen LogP contribution is 2.54. The second kappa shape index (κ2) is 4.52. The van der Waals surface area contributed by atoms with Gasteiger partial charge in [0.1, 0.15) is 0 Å². The molecule has 4 bridgehead atoms. The fourth-order valence-corrected chi connectivity index (χ4v) is 5.14. The Morgan fingerprint density at radius 1 is 1.12 bits per heavy atom. The van der Waals surface area contributed by atoms with E-state index in [1.54, 1.807) is 0 Å². The molecule has 0 saturated heterocycles. The predicted octanol–water partition coefficient (Wildman–Crippen LogP) is 1.06. The Morgan fingerprint density at radius 2 is 1.65 bits per heavy atom. The molecule has 4 aliphatic carbocycles. The monoisotopic (exact) mass is 238 g/mol. The number of likely N-dealkylation sites (N-methyl/N-ethyl adjacent to an activating group) is 1. The van der Waals surface area contributed by atoms with Crippen LogP contribution in [0.15, 0.2) is 0 Å². The molecule has 0 amide bonds. The van der Waals surface area contributed by atoms with Crippen LogP contribution >= 0.6 is 0 Å². The third kappa shape index (κ3) is 2.13. The van der Waals surface area contributed by atoms with Crippen LogP contribution in [0.1, 0.15) is 32.1 Å². The van der Waals surface area contributed by atoms with Crippen LogP contribution in [0, 0.1) is 23.7 Å². The van der Waals surface area contributed by atoms with Crippen molar-refractivity contribution >= 4 is 0 Å². The molecule has 0 aromatic rings. The summed E-state index contributed by atoms with van der Waals surface area (Å²) in [6.07, 6.45) is 6.94. The molecule has 4 fully saturated rings. The number of nitrogens with two attached hydrogens (primary N) is 1. The van der Waals surface area contributed by atoms with E-state index in [0.717, 1.165) is 36.3 Å². The fraction of sp³-hybridized carbons (Fsp3) is 1.00. The van der Waals surface area contributed by atoms with Crippen LogP contribution in [0.3, 0.4) is 0 Å². The minimum Gasteiger partial charge on any atom is -0.390 e. The van der Waals surface area contributed by atoms with Gasteiger partial charge in [-0.1, -0.05) is 0 Å². The minimum atomic E-state index is -0.350. The average molecular weight is 238 g/mol. The van der Waals surface area contributed by atoms with Crippen LogP contribution in [-0.2, 0) is 0 Å². The molecule has 0 aromatic carbocycles. The predicted molar refractivity (Wildman–Crippen MR) is 68.5 cm³/mol. The van der Waals surface area contributed by atoms with Crippen molar-refractivity contribution in [1.82, 2.24) is 4.90 Å². The normalized spacial score (nSPS) is 45.5. The minimum absolute atomic E-state index is 0.350. The van der Waals surface area contributed by atoms with Gasteiger partial charge < -0.3 is 15.7 Å². The molecule has 3 heteroatoms. The quantitative estimate of drug-likeness (QED) is 0.770. The van der Waals surface area contributed by atoms with E-state index in [1.807, 2.05) is 0 Å². The first-order valence-electron chi connectivity index (χ1n) is 7.25. The van der Waals surface area contributed by atoms with E-state index < -0.39 is 0 Å². The number of hydrogen-bond donors (Lipinski definition) is 2. The molecule has 0 heterocycles. The third-order valence-electron chi connectivity index (χ3n) is 5.46. The molecule has 0 aromatic heterocycles. The Hall–Kier alpha value is -0.120.